The first-order chi connectivity index (χ1) is 16.4. The number of nitrogens with zero attached hydrogens (tertiary/aromatic N) is 1. The number of thiophene rings is 1. The van der Waals surface area contributed by atoms with Crippen LogP contribution in [0.3, 0.4) is 0 Å². The molecule has 5 aromatic carbocycles. The highest BCUT2D eigenvalue weighted by Gasteiger charge is 2.32. The van der Waals surface area contributed by atoms with E-state index in [-0.39, 0.29) is 14.9 Å². The Bertz CT molecular complexity index is 1780. The smallest absolute Gasteiger partial charge is 0.258 e. The van der Waals surface area contributed by atoms with Gasteiger partial charge in [0, 0.05) is 25.4 Å². The zero-order valence-corrected chi connectivity index (χ0v) is 21.0. The molecule has 6 aromatic rings. The van der Waals surface area contributed by atoms with E-state index in [4.69, 9.17) is 0 Å². The van der Waals surface area contributed by atoms with E-state index in [1.807, 2.05) is 54.6 Å². The number of benzene rings is 5. The van der Waals surface area contributed by atoms with Gasteiger partial charge in [-0.05, 0) is 41.6 Å². The van der Waals surface area contributed by atoms with Crippen LogP contribution >= 0.6 is 27.3 Å². The van der Waals surface area contributed by atoms with Gasteiger partial charge in [0.2, 0.25) is 0 Å². The van der Waals surface area contributed by atoms with Crippen LogP contribution in [0.1, 0.15) is 19.4 Å². The van der Waals surface area contributed by atoms with Crippen molar-refractivity contribution >= 4 is 74.7 Å². The van der Waals surface area contributed by atoms with Gasteiger partial charge < -0.3 is 0 Å². The second-order valence-corrected chi connectivity index (χ2v) is 12.0. The summed E-state index contributed by atoms with van der Waals surface area (Å²) in [4.78, 5) is 12.7. The SMILES string of the molecule is CC(C)(Br)c1ccc2ccccc2c1-c1c([N+](=O)[O-])c2c3ccccc3sc2c2ccccc12. The summed E-state index contributed by atoms with van der Waals surface area (Å²) >= 11 is 5.49. The molecular weight excluding hydrogens is 506 g/mol. The van der Waals surface area contributed by atoms with Gasteiger partial charge in [-0.1, -0.05) is 94.8 Å². The van der Waals surface area contributed by atoms with Crippen LogP contribution in [0.15, 0.2) is 84.9 Å². The van der Waals surface area contributed by atoms with Crippen LogP contribution in [0, 0.1) is 10.1 Å². The monoisotopic (exact) mass is 525 g/mol. The Balaban J connectivity index is 1.96. The van der Waals surface area contributed by atoms with E-state index in [0.29, 0.717) is 5.56 Å². The third-order valence-corrected chi connectivity index (χ3v) is 8.14. The number of nitro groups is 1. The topological polar surface area (TPSA) is 43.1 Å². The van der Waals surface area contributed by atoms with E-state index in [0.717, 1.165) is 52.8 Å². The second-order valence-electron chi connectivity index (χ2n) is 9.01. The fraction of sp³-hybridized carbons (Fsp3) is 0.103. The highest BCUT2D eigenvalue weighted by Crippen LogP contribution is 2.52. The molecule has 6 rings (SSSR count). The van der Waals surface area contributed by atoms with Crippen LogP contribution in [-0.2, 0) is 4.32 Å². The Morgan fingerprint density at radius 1 is 0.765 bits per heavy atom. The fourth-order valence-electron chi connectivity index (χ4n) is 5.09. The summed E-state index contributed by atoms with van der Waals surface area (Å²) in [7, 11) is 0. The van der Waals surface area contributed by atoms with Gasteiger partial charge in [-0.3, -0.25) is 10.1 Å². The Kier molecular flexibility index (Phi) is 4.77. The van der Waals surface area contributed by atoms with Crippen molar-refractivity contribution in [3.8, 4) is 11.1 Å². The van der Waals surface area contributed by atoms with E-state index in [1.165, 1.54) is 0 Å². The summed E-state index contributed by atoms with van der Waals surface area (Å²) in [6, 6.07) is 28.4. The highest BCUT2D eigenvalue weighted by atomic mass is 79.9. The molecule has 0 unspecified atom stereocenters. The molecule has 0 saturated heterocycles. The molecular formula is C29H20BrNO2S. The van der Waals surface area contributed by atoms with Gasteiger partial charge in [0.15, 0.2) is 0 Å². The number of fused-ring (bicyclic) bond motifs is 6. The predicted octanol–water partition coefficient (Wildman–Crippen LogP) is 9.57. The average Bonchev–Trinajstić information content (AvgIpc) is 3.21. The summed E-state index contributed by atoms with van der Waals surface area (Å²) in [6.45, 7) is 4.18. The fourth-order valence-corrected chi connectivity index (χ4v) is 6.67. The molecule has 5 heteroatoms. The maximum absolute atomic E-state index is 12.9. The molecule has 0 N–H and O–H groups in total. The van der Waals surface area contributed by atoms with Gasteiger partial charge in [0.25, 0.3) is 5.69 Å². The van der Waals surface area contributed by atoms with Gasteiger partial charge in [-0.25, -0.2) is 0 Å². The lowest BCUT2D eigenvalue weighted by molar-refractivity contribution is -0.382. The molecule has 0 aliphatic rings. The van der Waals surface area contributed by atoms with E-state index >= 15 is 0 Å². The Hall–Kier alpha value is -3.28. The molecule has 0 radical (unpaired) electrons. The van der Waals surface area contributed by atoms with Crippen LogP contribution in [0.2, 0.25) is 0 Å². The van der Waals surface area contributed by atoms with E-state index in [2.05, 4.69) is 60.1 Å². The third-order valence-electron chi connectivity index (χ3n) is 6.51. The number of hydrogen-bond acceptors (Lipinski definition) is 3. The van der Waals surface area contributed by atoms with Crippen molar-refractivity contribution < 1.29 is 4.92 Å². The largest absolute Gasteiger partial charge is 0.287 e. The minimum Gasteiger partial charge on any atom is -0.258 e. The normalized spacial score (nSPS) is 12.2. The quantitative estimate of drug-likeness (QED) is 0.131. The molecule has 0 aliphatic carbocycles. The molecule has 0 aliphatic heterocycles. The van der Waals surface area contributed by atoms with Crippen molar-refractivity contribution in [1.82, 2.24) is 0 Å². The first-order valence-electron chi connectivity index (χ1n) is 11.1. The van der Waals surface area contributed by atoms with Crippen LogP contribution in [0.4, 0.5) is 5.69 Å². The number of hydrogen-bond donors (Lipinski definition) is 0. The third kappa shape index (κ3) is 3.07. The first kappa shape index (κ1) is 21.3. The Labute approximate surface area is 208 Å². The molecule has 0 spiro atoms. The zero-order chi connectivity index (χ0) is 23.6. The predicted molar refractivity (Wildman–Crippen MR) is 148 cm³/mol. The summed E-state index contributed by atoms with van der Waals surface area (Å²) < 4.78 is 1.64. The molecule has 166 valence electrons. The molecule has 0 fully saturated rings. The summed E-state index contributed by atoms with van der Waals surface area (Å²) in [5.74, 6) is 0. The Morgan fingerprint density at radius 3 is 2.09 bits per heavy atom. The lowest BCUT2D eigenvalue weighted by Gasteiger charge is -2.24. The highest BCUT2D eigenvalue weighted by molar-refractivity contribution is 9.09. The molecule has 34 heavy (non-hydrogen) atoms. The van der Waals surface area contributed by atoms with Crippen LogP contribution < -0.4 is 0 Å². The van der Waals surface area contributed by atoms with E-state index < -0.39 is 0 Å². The van der Waals surface area contributed by atoms with Gasteiger partial charge >= 0.3 is 0 Å². The maximum atomic E-state index is 12.9. The lowest BCUT2D eigenvalue weighted by atomic mass is 9.84. The number of alkyl halides is 1. The average molecular weight is 526 g/mol. The standard InChI is InChI=1S/C29H20BrNO2S/c1-29(2,30)22-16-15-17-9-3-4-10-18(17)24(22)25-19-11-5-6-12-20(19)28-26(27(25)31(32)33)21-13-7-8-14-23(21)34-28/h3-16H,1-2H3. The molecule has 0 atom stereocenters. The minimum atomic E-state index is -0.382. The molecule has 0 bridgehead atoms. The summed E-state index contributed by atoms with van der Waals surface area (Å²) in [5.41, 5.74) is 2.81. The first-order valence-corrected chi connectivity index (χ1v) is 12.7. The Morgan fingerprint density at radius 2 is 1.38 bits per heavy atom. The van der Waals surface area contributed by atoms with Crippen molar-refractivity contribution in [2.45, 2.75) is 18.2 Å². The number of halogens is 1. The zero-order valence-electron chi connectivity index (χ0n) is 18.6. The van der Waals surface area contributed by atoms with Crippen molar-refractivity contribution in [1.29, 1.82) is 0 Å². The molecule has 1 heterocycles. The lowest BCUT2D eigenvalue weighted by Crippen LogP contribution is -2.10. The van der Waals surface area contributed by atoms with Crippen LogP contribution in [0.25, 0.3) is 52.8 Å². The van der Waals surface area contributed by atoms with E-state index in [1.54, 1.807) is 11.3 Å². The van der Waals surface area contributed by atoms with Crippen molar-refractivity contribution in [2.24, 2.45) is 0 Å². The minimum absolute atomic E-state index is 0.181. The molecule has 1 aromatic heterocycles. The van der Waals surface area contributed by atoms with Crippen LogP contribution in [0.5, 0.6) is 0 Å². The molecule has 3 nitrogen and oxygen atoms in total. The van der Waals surface area contributed by atoms with Gasteiger partial charge in [0.1, 0.15) is 0 Å². The molecule has 0 amide bonds. The van der Waals surface area contributed by atoms with Gasteiger partial charge in [0.05, 0.1) is 20.6 Å². The van der Waals surface area contributed by atoms with Crippen molar-refractivity contribution in [3.63, 3.8) is 0 Å². The summed E-state index contributed by atoms with van der Waals surface area (Å²) in [6.07, 6.45) is 0. The van der Waals surface area contributed by atoms with E-state index in [9.17, 15) is 10.1 Å². The summed E-state index contributed by atoms with van der Waals surface area (Å²) in [5, 5.41) is 18.6. The maximum Gasteiger partial charge on any atom is 0.287 e. The molecule has 0 saturated carbocycles. The van der Waals surface area contributed by atoms with Crippen LogP contribution in [-0.4, -0.2) is 4.92 Å². The number of nitro benzene ring substituents is 1. The van der Waals surface area contributed by atoms with Crippen molar-refractivity contribution in [2.75, 3.05) is 0 Å². The second kappa shape index (κ2) is 7.62. The van der Waals surface area contributed by atoms with Gasteiger partial charge in [-0.15, -0.1) is 11.3 Å². The number of rotatable bonds is 3. The van der Waals surface area contributed by atoms with Crippen molar-refractivity contribution in [3.05, 3.63) is 101 Å². The van der Waals surface area contributed by atoms with Gasteiger partial charge in [-0.2, -0.15) is 0 Å².